The summed E-state index contributed by atoms with van der Waals surface area (Å²) in [6.07, 6.45) is 0. The highest BCUT2D eigenvalue weighted by atomic mass is 35.5. The predicted molar refractivity (Wildman–Crippen MR) is 113 cm³/mol. The molecule has 2 aromatic rings. The topological polar surface area (TPSA) is 114 Å². The third kappa shape index (κ3) is 5.28. The predicted octanol–water partition coefficient (Wildman–Crippen LogP) is 3.36. The summed E-state index contributed by atoms with van der Waals surface area (Å²) in [5, 5.41) is 5.92. The second-order valence-corrected chi connectivity index (χ2v) is 8.74. The molecule has 0 atom stereocenters. The highest BCUT2D eigenvalue weighted by Gasteiger charge is 2.25. The first-order valence-corrected chi connectivity index (χ1v) is 11.2. The van der Waals surface area contributed by atoms with Gasteiger partial charge in [0.25, 0.3) is 10.0 Å². The molecule has 0 bridgehead atoms. The number of hydrogen-bond acceptors (Lipinski definition) is 7. The molecule has 0 saturated carbocycles. The Balaban J connectivity index is 1.59. The summed E-state index contributed by atoms with van der Waals surface area (Å²) >= 11 is 6.79. The first kappa shape index (κ1) is 21.2. The van der Waals surface area contributed by atoms with Gasteiger partial charge in [-0.2, -0.15) is 8.42 Å². The Morgan fingerprint density at radius 3 is 2.62 bits per heavy atom. The van der Waals surface area contributed by atoms with Gasteiger partial charge >= 0.3 is 5.97 Å². The van der Waals surface area contributed by atoms with Crippen LogP contribution in [0.1, 0.15) is 17.3 Å². The molecule has 0 aromatic heterocycles. The molecule has 152 valence electrons. The van der Waals surface area contributed by atoms with Gasteiger partial charge in [-0.1, -0.05) is 23.4 Å². The fourth-order valence-electron chi connectivity index (χ4n) is 2.41. The van der Waals surface area contributed by atoms with Gasteiger partial charge < -0.3 is 15.4 Å². The molecule has 1 heterocycles. The van der Waals surface area contributed by atoms with Gasteiger partial charge in [-0.15, -0.1) is 4.40 Å². The monoisotopic (exact) mass is 453 g/mol. The van der Waals surface area contributed by atoms with Crippen LogP contribution in [0.3, 0.4) is 0 Å². The standard InChI is InChI=1S/C18H16ClN3O5S2/c1-2-27-17(24)11-3-6-13(7-4-11)20-16(23)10-28-18-21-14-8-5-12(19)9-15(14)29(25,26)22-18/h3-9H,2,10H2,1H3,(H,20,23)(H,21,22). The maximum absolute atomic E-state index is 12.3. The van der Waals surface area contributed by atoms with Crippen molar-refractivity contribution in [2.45, 2.75) is 11.8 Å². The molecule has 8 nitrogen and oxygen atoms in total. The van der Waals surface area contributed by atoms with E-state index in [0.717, 1.165) is 11.8 Å². The largest absolute Gasteiger partial charge is 0.462 e. The zero-order valence-electron chi connectivity index (χ0n) is 15.1. The van der Waals surface area contributed by atoms with Crippen LogP contribution in [0.25, 0.3) is 0 Å². The van der Waals surface area contributed by atoms with Crippen molar-refractivity contribution in [2.75, 3.05) is 23.0 Å². The van der Waals surface area contributed by atoms with Crippen LogP contribution >= 0.6 is 23.4 Å². The normalized spacial score (nSPS) is 14.2. The smallest absolute Gasteiger partial charge is 0.338 e. The van der Waals surface area contributed by atoms with Gasteiger partial charge in [0.05, 0.1) is 23.6 Å². The zero-order valence-corrected chi connectivity index (χ0v) is 17.5. The lowest BCUT2D eigenvalue weighted by Gasteiger charge is -2.17. The Bertz CT molecular complexity index is 1090. The van der Waals surface area contributed by atoms with Gasteiger partial charge in [-0.25, -0.2) is 4.79 Å². The van der Waals surface area contributed by atoms with Crippen molar-refractivity contribution in [3.63, 3.8) is 0 Å². The molecule has 29 heavy (non-hydrogen) atoms. The van der Waals surface area contributed by atoms with Gasteiger partial charge in [0.2, 0.25) is 5.91 Å². The molecule has 3 rings (SSSR count). The first-order chi connectivity index (χ1) is 13.8. The molecule has 0 saturated heterocycles. The van der Waals surface area contributed by atoms with Crippen molar-refractivity contribution in [3.8, 4) is 0 Å². The van der Waals surface area contributed by atoms with Crippen LogP contribution in [0, 0.1) is 0 Å². The van der Waals surface area contributed by atoms with Gasteiger partial charge in [0.15, 0.2) is 5.17 Å². The minimum Gasteiger partial charge on any atom is -0.462 e. The number of carbonyl (C=O) groups excluding carboxylic acids is 2. The Morgan fingerprint density at radius 2 is 1.93 bits per heavy atom. The summed E-state index contributed by atoms with van der Waals surface area (Å²) in [6, 6.07) is 10.7. The van der Waals surface area contributed by atoms with Crippen molar-refractivity contribution < 1.29 is 22.7 Å². The average molecular weight is 454 g/mol. The molecule has 2 aromatic carbocycles. The Kier molecular flexibility index (Phi) is 6.46. The Morgan fingerprint density at radius 1 is 1.21 bits per heavy atom. The minimum absolute atomic E-state index is 0.0134. The quantitative estimate of drug-likeness (QED) is 0.667. The number of benzene rings is 2. The summed E-state index contributed by atoms with van der Waals surface area (Å²) in [5.74, 6) is -0.864. The fourth-order valence-corrected chi connectivity index (χ4v) is 4.71. The van der Waals surface area contributed by atoms with Crippen LogP contribution in [0.2, 0.25) is 5.02 Å². The summed E-state index contributed by atoms with van der Waals surface area (Å²) in [4.78, 5) is 23.8. The van der Waals surface area contributed by atoms with E-state index in [1.54, 1.807) is 37.3 Å². The molecule has 1 aliphatic rings. The molecule has 1 aliphatic heterocycles. The maximum atomic E-state index is 12.3. The lowest BCUT2D eigenvalue weighted by atomic mass is 10.2. The number of sulfonamides is 1. The molecular weight excluding hydrogens is 438 g/mol. The molecule has 11 heteroatoms. The lowest BCUT2D eigenvalue weighted by molar-refractivity contribution is -0.113. The van der Waals surface area contributed by atoms with Gasteiger partial charge in [0.1, 0.15) is 4.90 Å². The number of hydrogen-bond donors (Lipinski definition) is 2. The molecule has 0 fully saturated rings. The number of thioether (sulfide) groups is 1. The number of amidine groups is 1. The van der Waals surface area contributed by atoms with E-state index in [0.29, 0.717) is 16.9 Å². The summed E-state index contributed by atoms with van der Waals surface area (Å²) in [7, 11) is -3.89. The molecular formula is C18H16ClN3O5S2. The van der Waals surface area contributed by atoms with E-state index in [1.807, 2.05) is 0 Å². The minimum atomic E-state index is -3.89. The number of halogens is 1. The zero-order chi connectivity index (χ0) is 21.0. The molecule has 0 aliphatic carbocycles. The third-order valence-corrected chi connectivity index (χ3v) is 6.23. The van der Waals surface area contributed by atoms with Crippen LogP contribution in [0.15, 0.2) is 51.8 Å². The Hall–Kier alpha value is -2.56. The summed E-state index contributed by atoms with van der Waals surface area (Å²) in [6.45, 7) is 1.99. The number of rotatable bonds is 5. The lowest BCUT2D eigenvalue weighted by Crippen LogP contribution is -2.22. The maximum Gasteiger partial charge on any atom is 0.338 e. The highest BCUT2D eigenvalue weighted by Crippen LogP contribution is 2.31. The van der Waals surface area contributed by atoms with Crippen molar-refractivity contribution in [1.29, 1.82) is 0 Å². The molecule has 1 amide bonds. The van der Waals surface area contributed by atoms with Crippen LogP contribution in [0.4, 0.5) is 11.4 Å². The van der Waals surface area contributed by atoms with Crippen molar-refractivity contribution in [2.24, 2.45) is 4.40 Å². The number of amides is 1. The van der Waals surface area contributed by atoms with Crippen LogP contribution in [-0.2, 0) is 19.6 Å². The molecule has 2 N–H and O–H groups in total. The van der Waals surface area contributed by atoms with Gasteiger partial charge in [-0.3, -0.25) is 4.79 Å². The second-order valence-electron chi connectivity index (χ2n) is 5.77. The van der Waals surface area contributed by atoms with E-state index in [9.17, 15) is 18.0 Å². The first-order valence-electron chi connectivity index (χ1n) is 8.40. The second kappa shape index (κ2) is 8.85. The van der Waals surface area contributed by atoms with Crippen molar-refractivity contribution in [3.05, 3.63) is 53.1 Å². The van der Waals surface area contributed by atoms with E-state index in [1.165, 1.54) is 12.1 Å². The number of esters is 1. The fraction of sp³-hybridized carbons (Fsp3) is 0.167. The number of nitrogens with one attached hydrogen (secondary N) is 2. The summed E-state index contributed by atoms with van der Waals surface area (Å²) < 4.78 is 33.1. The number of carbonyl (C=O) groups is 2. The number of fused-ring (bicyclic) bond motifs is 1. The van der Waals surface area contributed by atoms with E-state index in [2.05, 4.69) is 15.0 Å². The molecule has 0 spiro atoms. The number of ether oxygens (including phenoxy) is 1. The third-order valence-electron chi connectivity index (χ3n) is 3.69. The van der Waals surface area contributed by atoms with Crippen LogP contribution in [-0.4, -0.2) is 37.8 Å². The Labute approximate surface area is 176 Å². The number of nitrogens with zero attached hydrogens (tertiary/aromatic N) is 1. The van der Waals surface area contributed by atoms with E-state index >= 15 is 0 Å². The van der Waals surface area contributed by atoms with Gasteiger partial charge in [0, 0.05) is 10.7 Å². The van der Waals surface area contributed by atoms with E-state index in [-0.39, 0.29) is 33.4 Å². The number of anilines is 2. The molecule has 0 radical (unpaired) electrons. The van der Waals surface area contributed by atoms with Gasteiger partial charge in [-0.05, 0) is 49.4 Å². The summed E-state index contributed by atoms with van der Waals surface area (Å²) in [5.41, 5.74) is 1.22. The average Bonchev–Trinajstić information content (AvgIpc) is 2.67. The van der Waals surface area contributed by atoms with E-state index < -0.39 is 16.0 Å². The van der Waals surface area contributed by atoms with Crippen molar-refractivity contribution in [1.82, 2.24) is 0 Å². The van der Waals surface area contributed by atoms with E-state index in [4.69, 9.17) is 16.3 Å². The van der Waals surface area contributed by atoms with Crippen LogP contribution < -0.4 is 10.6 Å². The molecule has 0 unspecified atom stereocenters. The van der Waals surface area contributed by atoms with Crippen LogP contribution in [0.5, 0.6) is 0 Å². The SMILES string of the molecule is CCOC(=O)c1ccc(NC(=O)CSC2=NS(=O)(=O)c3cc(Cl)ccc3N2)cc1. The van der Waals surface area contributed by atoms with Crippen molar-refractivity contribution >= 4 is 61.8 Å². The highest BCUT2D eigenvalue weighted by molar-refractivity contribution is 8.15.